The summed E-state index contributed by atoms with van der Waals surface area (Å²) >= 11 is 0. The van der Waals surface area contributed by atoms with Crippen LogP contribution >= 0.6 is 0 Å². The summed E-state index contributed by atoms with van der Waals surface area (Å²) in [5, 5.41) is 6.16. The third-order valence-corrected chi connectivity index (χ3v) is 5.12. The molecule has 0 aliphatic carbocycles. The highest BCUT2D eigenvalue weighted by molar-refractivity contribution is 6.76. The lowest BCUT2D eigenvalue weighted by Crippen LogP contribution is -2.47. The van der Waals surface area contributed by atoms with E-state index in [-0.39, 0.29) is 6.98 Å². The Morgan fingerprint density at radius 2 is 1.46 bits per heavy atom. The maximum atomic E-state index is 3.65. The van der Waals surface area contributed by atoms with Gasteiger partial charge >= 0.3 is 6.98 Å². The smallest absolute Gasteiger partial charge is 0.398 e. The van der Waals surface area contributed by atoms with Gasteiger partial charge < -0.3 is 10.0 Å². The van der Waals surface area contributed by atoms with E-state index >= 15 is 0 Å². The maximum absolute atomic E-state index is 3.65. The minimum absolute atomic E-state index is 0.0964. The minimum atomic E-state index is -0.0964. The quantitative estimate of drug-likeness (QED) is 0.384. The van der Waals surface area contributed by atoms with E-state index in [1.54, 1.807) is 0 Å². The van der Waals surface area contributed by atoms with Crippen molar-refractivity contribution in [3.63, 3.8) is 0 Å². The zero-order valence-electron chi connectivity index (χ0n) is 15.5. The standard InChI is InChI=1S/C25H19BN2/c1-3-9-20(10-4-1)17-18-26-27-23-15-7-13-22-14-8-16-24(25(22)23)28(26)19-21-11-5-2-6-12-21/h1-16,27H,19H2. The summed E-state index contributed by atoms with van der Waals surface area (Å²) in [7, 11) is 0. The molecule has 0 amide bonds. The van der Waals surface area contributed by atoms with Crippen molar-refractivity contribution in [1.82, 2.24) is 0 Å². The summed E-state index contributed by atoms with van der Waals surface area (Å²) in [4.78, 5) is 2.36. The Labute approximate surface area is 165 Å². The lowest BCUT2D eigenvalue weighted by atomic mass is 9.71. The van der Waals surface area contributed by atoms with E-state index in [4.69, 9.17) is 0 Å². The summed E-state index contributed by atoms with van der Waals surface area (Å²) < 4.78 is 0. The molecule has 0 aromatic heterocycles. The van der Waals surface area contributed by atoms with Gasteiger partial charge in [0, 0.05) is 28.9 Å². The molecular weight excluding hydrogens is 339 g/mol. The van der Waals surface area contributed by atoms with Gasteiger partial charge in [-0.3, -0.25) is 0 Å². The van der Waals surface area contributed by atoms with Crippen LogP contribution in [0, 0.1) is 11.7 Å². The lowest BCUT2D eigenvalue weighted by Gasteiger charge is -2.35. The second kappa shape index (κ2) is 7.17. The summed E-state index contributed by atoms with van der Waals surface area (Å²) in [6.07, 6.45) is 0. The van der Waals surface area contributed by atoms with Gasteiger partial charge in [-0.15, -0.1) is 0 Å². The van der Waals surface area contributed by atoms with E-state index in [2.05, 4.69) is 88.5 Å². The fourth-order valence-corrected chi connectivity index (χ4v) is 3.79. The van der Waals surface area contributed by atoms with Gasteiger partial charge in [-0.25, -0.2) is 0 Å². The van der Waals surface area contributed by atoms with Gasteiger partial charge in [0.1, 0.15) is 0 Å². The first-order chi connectivity index (χ1) is 13.9. The molecule has 4 aromatic carbocycles. The Balaban J connectivity index is 1.61. The van der Waals surface area contributed by atoms with E-state index in [1.165, 1.54) is 22.0 Å². The van der Waals surface area contributed by atoms with Gasteiger partial charge in [-0.1, -0.05) is 84.5 Å². The Morgan fingerprint density at radius 1 is 0.750 bits per heavy atom. The van der Waals surface area contributed by atoms with Crippen LogP contribution in [0.2, 0.25) is 0 Å². The molecular formula is C25H19BN2. The minimum Gasteiger partial charge on any atom is -0.398 e. The van der Waals surface area contributed by atoms with Crippen molar-refractivity contribution < 1.29 is 0 Å². The van der Waals surface area contributed by atoms with Crippen LogP contribution in [0.25, 0.3) is 10.8 Å². The van der Waals surface area contributed by atoms with Crippen LogP contribution in [0.15, 0.2) is 97.1 Å². The van der Waals surface area contributed by atoms with Crippen molar-refractivity contribution >= 4 is 29.1 Å². The zero-order valence-corrected chi connectivity index (χ0v) is 15.5. The van der Waals surface area contributed by atoms with Crippen molar-refractivity contribution in [2.45, 2.75) is 6.54 Å². The molecule has 0 spiro atoms. The number of nitrogens with one attached hydrogen (secondary N) is 1. The molecule has 4 aromatic rings. The molecule has 0 bridgehead atoms. The first-order valence-electron chi connectivity index (χ1n) is 9.54. The Morgan fingerprint density at radius 3 is 2.25 bits per heavy atom. The average molecular weight is 358 g/mol. The molecule has 0 unspecified atom stereocenters. The Hall–Kier alpha value is -3.64. The van der Waals surface area contributed by atoms with Crippen molar-refractivity contribution in [1.29, 1.82) is 0 Å². The van der Waals surface area contributed by atoms with E-state index < -0.39 is 0 Å². The molecule has 0 saturated heterocycles. The van der Waals surface area contributed by atoms with Crippen molar-refractivity contribution in [2.24, 2.45) is 0 Å². The largest absolute Gasteiger partial charge is 0.463 e. The van der Waals surface area contributed by atoms with E-state index in [0.29, 0.717) is 0 Å². The van der Waals surface area contributed by atoms with Gasteiger partial charge in [0.05, 0.1) is 0 Å². The van der Waals surface area contributed by atoms with E-state index in [0.717, 1.165) is 17.8 Å². The van der Waals surface area contributed by atoms with Gasteiger partial charge in [0.15, 0.2) is 0 Å². The molecule has 0 saturated carbocycles. The first kappa shape index (κ1) is 16.5. The van der Waals surface area contributed by atoms with Crippen LogP contribution in [0.4, 0.5) is 11.4 Å². The maximum Gasteiger partial charge on any atom is 0.463 e. The molecule has 1 N–H and O–H groups in total. The van der Waals surface area contributed by atoms with Crippen LogP contribution in [-0.4, -0.2) is 6.98 Å². The average Bonchev–Trinajstić information content (AvgIpc) is 2.76. The summed E-state index contributed by atoms with van der Waals surface area (Å²) in [5.41, 5.74) is 4.67. The number of hydrogen-bond acceptors (Lipinski definition) is 2. The van der Waals surface area contributed by atoms with E-state index in [1.807, 2.05) is 30.3 Å². The molecule has 2 nitrogen and oxygen atoms in total. The highest BCUT2D eigenvalue weighted by Crippen LogP contribution is 2.37. The normalized spacial score (nSPS) is 12.3. The highest BCUT2D eigenvalue weighted by Gasteiger charge is 2.30. The monoisotopic (exact) mass is 358 g/mol. The molecule has 3 heteroatoms. The van der Waals surface area contributed by atoms with Crippen molar-refractivity contribution in [3.05, 3.63) is 108 Å². The number of anilines is 2. The van der Waals surface area contributed by atoms with Crippen LogP contribution in [-0.2, 0) is 6.54 Å². The molecule has 28 heavy (non-hydrogen) atoms. The lowest BCUT2D eigenvalue weighted by molar-refractivity contribution is 1.03. The van der Waals surface area contributed by atoms with Crippen molar-refractivity contribution in [2.75, 3.05) is 10.0 Å². The number of nitrogens with zero attached hydrogens (tertiary/aromatic N) is 1. The number of rotatable bonds is 2. The molecule has 0 atom stereocenters. The zero-order chi connectivity index (χ0) is 18.8. The van der Waals surface area contributed by atoms with Gasteiger partial charge in [-0.2, -0.15) is 0 Å². The highest BCUT2D eigenvalue weighted by atomic mass is 15.2. The number of benzene rings is 4. The van der Waals surface area contributed by atoms with Crippen molar-refractivity contribution in [3.8, 4) is 11.7 Å². The fourth-order valence-electron chi connectivity index (χ4n) is 3.79. The van der Waals surface area contributed by atoms with Crippen LogP contribution < -0.4 is 10.0 Å². The fraction of sp³-hybridized carbons (Fsp3) is 0.0400. The molecule has 5 rings (SSSR count). The molecule has 1 aliphatic rings. The van der Waals surface area contributed by atoms with E-state index in [9.17, 15) is 0 Å². The molecule has 1 heterocycles. The summed E-state index contributed by atoms with van der Waals surface area (Å²) in [5.74, 6) is 6.80. The molecule has 0 fully saturated rings. The van der Waals surface area contributed by atoms with Crippen LogP contribution in [0.3, 0.4) is 0 Å². The molecule has 0 radical (unpaired) electrons. The van der Waals surface area contributed by atoms with Gasteiger partial charge in [0.2, 0.25) is 0 Å². The SMILES string of the molecule is C(#Cc1ccccc1)B1Nc2cccc3cccc(c23)N1Cc1ccccc1. The molecule has 132 valence electrons. The third kappa shape index (κ3) is 3.10. The summed E-state index contributed by atoms with van der Waals surface area (Å²) in [6.45, 7) is 0.705. The van der Waals surface area contributed by atoms with Crippen LogP contribution in [0.5, 0.6) is 0 Å². The first-order valence-corrected chi connectivity index (χ1v) is 9.54. The Bertz CT molecular complexity index is 1170. The Kier molecular flexibility index (Phi) is 4.24. The third-order valence-electron chi connectivity index (χ3n) is 5.12. The number of hydrogen-bond donors (Lipinski definition) is 1. The topological polar surface area (TPSA) is 15.3 Å². The van der Waals surface area contributed by atoms with Crippen LogP contribution in [0.1, 0.15) is 11.1 Å². The van der Waals surface area contributed by atoms with Gasteiger partial charge in [0.25, 0.3) is 0 Å². The van der Waals surface area contributed by atoms with Gasteiger partial charge in [-0.05, 0) is 35.2 Å². The second-order valence-electron chi connectivity index (χ2n) is 6.98. The second-order valence-corrected chi connectivity index (χ2v) is 6.98. The summed E-state index contributed by atoms with van der Waals surface area (Å²) in [6, 6.07) is 33.6. The predicted molar refractivity (Wildman–Crippen MR) is 119 cm³/mol. The predicted octanol–water partition coefficient (Wildman–Crippen LogP) is 5.35. The molecule has 1 aliphatic heterocycles.